The van der Waals surface area contributed by atoms with Crippen molar-refractivity contribution in [3.63, 3.8) is 0 Å². The Bertz CT molecular complexity index is 787. The molecule has 0 amide bonds. The smallest absolute Gasteiger partial charge is 0.262 e. The van der Waals surface area contributed by atoms with Crippen LogP contribution in [0.3, 0.4) is 0 Å². The predicted octanol–water partition coefficient (Wildman–Crippen LogP) is 2.40. The summed E-state index contributed by atoms with van der Waals surface area (Å²) in [5, 5.41) is 12.0. The third kappa shape index (κ3) is 1.25. The molecule has 0 bridgehead atoms. The molecule has 84 valence electrons. The Morgan fingerprint density at radius 2 is 1.71 bits per heavy atom. The van der Waals surface area contributed by atoms with Crippen LogP contribution in [0.15, 0.2) is 47.3 Å². The van der Waals surface area contributed by atoms with Gasteiger partial charge in [-0.2, -0.15) is 0 Å². The minimum Gasteiger partial charge on any atom is -0.507 e. The van der Waals surface area contributed by atoms with Crippen LogP contribution < -0.4 is 5.56 Å². The van der Waals surface area contributed by atoms with E-state index in [4.69, 9.17) is 0 Å². The Hall–Kier alpha value is -2.29. The van der Waals surface area contributed by atoms with Crippen molar-refractivity contribution in [2.75, 3.05) is 0 Å². The monoisotopic (exact) mass is 225 g/mol. The van der Waals surface area contributed by atoms with E-state index in [0.29, 0.717) is 5.39 Å². The molecule has 0 atom stereocenters. The number of nitrogens with zero attached hydrogens (tertiary/aromatic N) is 1. The van der Waals surface area contributed by atoms with Gasteiger partial charge in [0, 0.05) is 17.8 Å². The second-order valence-electron chi connectivity index (χ2n) is 4.08. The van der Waals surface area contributed by atoms with Gasteiger partial charge in [0.15, 0.2) is 0 Å². The zero-order valence-electron chi connectivity index (χ0n) is 9.34. The predicted molar refractivity (Wildman–Crippen MR) is 68.4 cm³/mol. The third-order valence-corrected chi connectivity index (χ3v) is 3.12. The number of phenols is 1. The Morgan fingerprint density at radius 3 is 2.53 bits per heavy atom. The summed E-state index contributed by atoms with van der Waals surface area (Å²) in [4.78, 5) is 12.2. The molecule has 0 aliphatic carbocycles. The lowest BCUT2D eigenvalue weighted by Gasteiger charge is -2.09. The fraction of sp³-hybridized carbons (Fsp3) is 0.0714. The third-order valence-electron chi connectivity index (χ3n) is 3.12. The molecule has 3 heteroatoms. The van der Waals surface area contributed by atoms with E-state index in [1.807, 2.05) is 30.3 Å². The number of aryl methyl sites for hydroxylation is 1. The molecule has 3 aromatic rings. The molecule has 1 heterocycles. The average molecular weight is 225 g/mol. The van der Waals surface area contributed by atoms with Crippen LogP contribution in [0.4, 0.5) is 0 Å². The maximum atomic E-state index is 12.2. The van der Waals surface area contributed by atoms with Gasteiger partial charge < -0.3 is 9.67 Å². The molecule has 0 fully saturated rings. The maximum Gasteiger partial charge on any atom is 0.262 e. The number of aromatic nitrogens is 1. The van der Waals surface area contributed by atoms with Crippen molar-refractivity contribution < 1.29 is 5.11 Å². The van der Waals surface area contributed by atoms with Crippen LogP contribution in [0.1, 0.15) is 0 Å². The molecule has 0 radical (unpaired) electrons. The first-order valence-electron chi connectivity index (χ1n) is 5.39. The second kappa shape index (κ2) is 3.35. The molecule has 17 heavy (non-hydrogen) atoms. The summed E-state index contributed by atoms with van der Waals surface area (Å²) < 4.78 is 1.57. The summed E-state index contributed by atoms with van der Waals surface area (Å²) in [5.74, 6) is 0.0360. The highest BCUT2D eigenvalue weighted by atomic mass is 16.3. The molecule has 3 nitrogen and oxygen atoms in total. The zero-order valence-corrected chi connectivity index (χ0v) is 9.34. The number of hydrogen-bond donors (Lipinski definition) is 1. The average Bonchev–Trinajstić information content (AvgIpc) is 2.36. The molecule has 3 rings (SSSR count). The van der Waals surface area contributed by atoms with Crippen LogP contribution in [0.25, 0.3) is 21.7 Å². The molecule has 1 N–H and O–H groups in total. The molecule has 0 spiro atoms. The largest absolute Gasteiger partial charge is 0.507 e. The van der Waals surface area contributed by atoms with Crippen LogP contribution in [0, 0.1) is 0 Å². The van der Waals surface area contributed by atoms with E-state index in [2.05, 4.69) is 0 Å². The molecular weight excluding hydrogens is 214 g/mol. The second-order valence-corrected chi connectivity index (χ2v) is 4.08. The van der Waals surface area contributed by atoms with Gasteiger partial charge in [-0.1, -0.05) is 30.3 Å². The van der Waals surface area contributed by atoms with Crippen molar-refractivity contribution in [3.05, 3.63) is 52.8 Å². The summed E-state index contributed by atoms with van der Waals surface area (Å²) in [6.45, 7) is 0. The van der Waals surface area contributed by atoms with Crippen LogP contribution in [0.5, 0.6) is 5.75 Å². The molecule has 0 saturated heterocycles. The number of phenolic OH excluding ortho intramolecular Hbond substituents is 1. The Kier molecular flexibility index (Phi) is 1.95. The van der Waals surface area contributed by atoms with Gasteiger partial charge in [-0.25, -0.2) is 0 Å². The fourth-order valence-electron chi connectivity index (χ4n) is 2.26. The van der Waals surface area contributed by atoms with Crippen molar-refractivity contribution >= 4 is 21.7 Å². The van der Waals surface area contributed by atoms with Crippen LogP contribution in [-0.2, 0) is 7.05 Å². The first kappa shape index (κ1) is 9.90. The zero-order chi connectivity index (χ0) is 12.0. The van der Waals surface area contributed by atoms with Crippen molar-refractivity contribution in [3.8, 4) is 5.75 Å². The van der Waals surface area contributed by atoms with Crippen molar-refractivity contribution in [1.29, 1.82) is 0 Å². The van der Waals surface area contributed by atoms with Gasteiger partial charge in [-0.15, -0.1) is 0 Å². The Balaban J connectivity index is 2.76. The van der Waals surface area contributed by atoms with Crippen molar-refractivity contribution in [2.24, 2.45) is 7.05 Å². The normalized spacial score (nSPS) is 11.1. The molecule has 1 aromatic heterocycles. The van der Waals surface area contributed by atoms with Crippen LogP contribution >= 0.6 is 0 Å². The highest BCUT2D eigenvalue weighted by molar-refractivity contribution is 6.07. The number of fused-ring (bicyclic) bond motifs is 3. The van der Waals surface area contributed by atoms with Gasteiger partial charge in [0.25, 0.3) is 5.56 Å². The number of benzene rings is 2. The van der Waals surface area contributed by atoms with Crippen LogP contribution in [-0.4, -0.2) is 9.67 Å². The lowest BCUT2D eigenvalue weighted by atomic mass is 10.1. The highest BCUT2D eigenvalue weighted by Gasteiger charge is 2.10. The maximum absolute atomic E-state index is 12.2. The highest BCUT2D eigenvalue weighted by Crippen LogP contribution is 2.27. The van der Waals surface area contributed by atoms with E-state index in [-0.39, 0.29) is 11.3 Å². The SMILES string of the molecule is Cn1c(=O)c2c(O)cccc2c2ccccc21. The fourth-order valence-corrected chi connectivity index (χ4v) is 2.26. The van der Waals surface area contributed by atoms with Gasteiger partial charge in [-0.3, -0.25) is 4.79 Å². The summed E-state index contributed by atoms with van der Waals surface area (Å²) in [5.41, 5.74) is 0.701. The minimum atomic E-state index is -0.170. The van der Waals surface area contributed by atoms with Gasteiger partial charge in [-0.05, 0) is 12.1 Å². The topological polar surface area (TPSA) is 42.2 Å². The van der Waals surface area contributed by atoms with Crippen molar-refractivity contribution in [1.82, 2.24) is 4.57 Å². The van der Waals surface area contributed by atoms with E-state index in [9.17, 15) is 9.90 Å². The van der Waals surface area contributed by atoms with E-state index in [0.717, 1.165) is 16.3 Å². The number of pyridine rings is 1. The van der Waals surface area contributed by atoms with E-state index < -0.39 is 0 Å². The lowest BCUT2D eigenvalue weighted by molar-refractivity contribution is 0.481. The standard InChI is InChI=1S/C14H11NO2/c1-15-11-7-3-2-5-9(11)10-6-4-8-12(16)13(10)14(15)17/h2-8,16H,1H3. The Labute approximate surface area is 97.5 Å². The number of aromatic hydroxyl groups is 1. The summed E-state index contributed by atoms with van der Waals surface area (Å²) >= 11 is 0. The van der Waals surface area contributed by atoms with Gasteiger partial charge in [0.05, 0.1) is 10.9 Å². The lowest BCUT2D eigenvalue weighted by Crippen LogP contribution is -2.17. The number of para-hydroxylation sites is 1. The van der Waals surface area contributed by atoms with Gasteiger partial charge >= 0.3 is 0 Å². The number of rotatable bonds is 0. The molecule has 0 saturated carbocycles. The van der Waals surface area contributed by atoms with Gasteiger partial charge in [0.1, 0.15) is 5.75 Å². The van der Waals surface area contributed by atoms with E-state index >= 15 is 0 Å². The van der Waals surface area contributed by atoms with Crippen molar-refractivity contribution in [2.45, 2.75) is 0 Å². The van der Waals surface area contributed by atoms with E-state index in [1.54, 1.807) is 23.7 Å². The van der Waals surface area contributed by atoms with Gasteiger partial charge in [0.2, 0.25) is 0 Å². The first-order chi connectivity index (χ1) is 8.20. The molecule has 2 aromatic carbocycles. The number of hydrogen-bond acceptors (Lipinski definition) is 2. The Morgan fingerprint density at radius 1 is 1.00 bits per heavy atom. The summed E-state index contributed by atoms with van der Waals surface area (Å²) in [6.07, 6.45) is 0. The molecular formula is C14H11NO2. The summed E-state index contributed by atoms with van der Waals surface area (Å²) in [6, 6.07) is 12.8. The molecule has 0 aliphatic rings. The molecule has 0 unspecified atom stereocenters. The summed E-state index contributed by atoms with van der Waals surface area (Å²) in [7, 11) is 1.72. The molecule has 0 aliphatic heterocycles. The van der Waals surface area contributed by atoms with Crippen LogP contribution in [0.2, 0.25) is 0 Å². The minimum absolute atomic E-state index is 0.0360. The van der Waals surface area contributed by atoms with E-state index in [1.165, 1.54) is 0 Å². The first-order valence-corrected chi connectivity index (χ1v) is 5.39. The quantitative estimate of drug-likeness (QED) is 0.597.